The molecule has 0 radical (unpaired) electrons. The summed E-state index contributed by atoms with van der Waals surface area (Å²) in [6.45, 7) is 7.81. The first kappa shape index (κ1) is 20.6. The molecule has 0 fully saturated rings. The second kappa shape index (κ2) is 9.76. The molecule has 1 aromatic carbocycles. The van der Waals surface area contributed by atoms with Crippen LogP contribution in [-0.4, -0.2) is 38.6 Å². The van der Waals surface area contributed by atoms with Crippen LogP contribution in [0.3, 0.4) is 0 Å². The van der Waals surface area contributed by atoms with Gasteiger partial charge in [0, 0.05) is 0 Å². The number of nitrogens with one attached hydrogen (secondary N) is 2. The standard InChI is InChI=1S/C17H28N2O4S/c1-13(2)12-18-11-5-4-6-16(17(20)21)19-24(22,23)15-9-7-14(3)8-10-15/h7-10,13,16,18-19H,4-6,11-12H2,1-3H3,(H,20,21)/t16-/m0/s1. The van der Waals surface area contributed by atoms with Gasteiger partial charge in [-0.25, -0.2) is 8.42 Å². The van der Waals surface area contributed by atoms with Crippen molar-refractivity contribution in [2.45, 2.75) is 51.0 Å². The van der Waals surface area contributed by atoms with Gasteiger partial charge < -0.3 is 10.4 Å². The maximum Gasteiger partial charge on any atom is 0.321 e. The monoisotopic (exact) mass is 356 g/mol. The summed E-state index contributed by atoms with van der Waals surface area (Å²) in [5.74, 6) is -0.584. The van der Waals surface area contributed by atoms with Gasteiger partial charge in [-0.05, 0) is 50.9 Å². The highest BCUT2D eigenvalue weighted by Gasteiger charge is 2.24. The molecule has 24 heavy (non-hydrogen) atoms. The van der Waals surface area contributed by atoms with Crippen molar-refractivity contribution in [1.82, 2.24) is 10.0 Å². The fourth-order valence-electron chi connectivity index (χ4n) is 2.19. The summed E-state index contributed by atoms with van der Waals surface area (Å²) in [5.41, 5.74) is 0.942. The van der Waals surface area contributed by atoms with Crippen molar-refractivity contribution >= 4 is 16.0 Å². The third kappa shape index (κ3) is 7.42. The van der Waals surface area contributed by atoms with Gasteiger partial charge in [0.15, 0.2) is 0 Å². The summed E-state index contributed by atoms with van der Waals surface area (Å²) in [5, 5.41) is 12.5. The molecule has 0 aliphatic carbocycles. The summed E-state index contributed by atoms with van der Waals surface area (Å²) >= 11 is 0. The predicted molar refractivity (Wildman–Crippen MR) is 94.5 cm³/mol. The molecule has 0 aliphatic heterocycles. The first-order valence-electron chi connectivity index (χ1n) is 8.25. The van der Waals surface area contributed by atoms with Crippen molar-refractivity contribution in [1.29, 1.82) is 0 Å². The highest BCUT2D eigenvalue weighted by molar-refractivity contribution is 7.89. The Labute approximate surface area is 144 Å². The Hall–Kier alpha value is -1.44. The molecule has 0 bridgehead atoms. The number of carboxylic acid groups (broad SMARTS) is 1. The average molecular weight is 356 g/mol. The van der Waals surface area contributed by atoms with E-state index in [4.69, 9.17) is 0 Å². The maximum absolute atomic E-state index is 12.3. The average Bonchev–Trinajstić information content (AvgIpc) is 2.49. The lowest BCUT2D eigenvalue weighted by Crippen LogP contribution is -2.40. The van der Waals surface area contributed by atoms with Gasteiger partial charge in [0.1, 0.15) is 6.04 Å². The Morgan fingerprint density at radius 3 is 2.33 bits per heavy atom. The van der Waals surface area contributed by atoms with Gasteiger partial charge in [-0.1, -0.05) is 38.0 Å². The molecule has 0 heterocycles. The van der Waals surface area contributed by atoms with Crippen LogP contribution >= 0.6 is 0 Å². The zero-order valence-corrected chi connectivity index (χ0v) is 15.4. The number of aryl methyl sites for hydroxylation is 1. The van der Waals surface area contributed by atoms with Crippen molar-refractivity contribution in [3.05, 3.63) is 29.8 Å². The van der Waals surface area contributed by atoms with Crippen LogP contribution in [0.5, 0.6) is 0 Å². The minimum atomic E-state index is -3.83. The van der Waals surface area contributed by atoms with Crippen LogP contribution in [0.4, 0.5) is 0 Å². The summed E-state index contributed by atoms with van der Waals surface area (Å²) in [7, 11) is -3.83. The molecule has 6 nitrogen and oxygen atoms in total. The Morgan fingerprint density at radius 2 is 1.79 bits per heavy atom. The highest BCUT2D eigenvalue weighted by atomic mass is 32.2. The molecule has 0 saturated carbocycles. The van der Waals surface area contributed by atoms with Gasteiger partial charge in [-0.2, -0.15) is 4.72 Å². The van der Waals surface area contributed by atoms with E-state index >= 15 is 0 Å². The quantitative estimate of drug-likeness (QED) is 0.528. The first-order valence-corrected chi connectivity index (χ1v) is 9.73. The normalized spacial score (nSPS) is 13.2. The molecule has 0 unspecified atom stereocenters. The number of rotatable bonds is 11. The lowest BCUT2D eigenvalue weighted by atomic mass is 10.1. The lowest BCUT2D eigenvalue weighted by Gasteiger charge is -2.15. The van der Waals surface area contributed by atoms with E-state index in [9.17, 15) is 18.3 Å². The van der Waals surface area contributed by atoms with Crippen LogP contribution in [0.25, 0.3) is 0 Å². The number of hydrogen-bond donors (Lipinski definition) is 3. The topological polar surface area (TPSA) is 95.5 Å². The molecule has 0 saturated heterocycles. The molecule has 0 amide bonds. The zero-order valence-electron chi connectivity index (χ0n) is 14.6. The molecule has 1 atom stereocenters. The number of sulfonamides is 1. The van der Waals surface area contributed by atoms with Gasteiger partial charge in [-0.15, -0.1) is 0 Å². The predicted octanol–water partition coefficient (Wildman–Crippen LogP) is 2.14. The molecular weight excluding hydrogens is 328 g/mol. The fraction of sp³-hybridized carbons (Fsp3) is 0.588. The van der Waals surface area contributed by atoms with E-state index in [0.29, 0.717) is 12.3 Å². The van der Waals surface area contributed by atoms with Crippen LogP contribution in [0.1, 0.15) is 38.7 Å². The molecule has 136 valence electrons. The van der Waals surface area contributed by atoms with Crippen LogP contribution in [0.15, 0.2) is 29.2 Å². The number of carbonyl (C=O) groups is 1. The van der Waals surface area contributed by atoms with Crippen LogP contribution in [0, 0.1) is 12.8 Å². The minimum Gasteiger partial charge on any atom is -0.480 e. The van der Waals surface area contributed by atoms with E-state index in [1.807, 2.05) is 6.92 Å². The number of unbranched alkanes of at least 4 members (excludes halogenated alkanes) is 1. The largest absolute Gasteiger partial charge is 0.480 e. The van der Waals surface area contributed by atoms with Crippen molar-refractivity contribution in [3.8, 4) is 0 Å². The molecule has 7 heteroatoms. The van der Waals surface area contributed by atoms with Gasteiger partial charge in [0.25, 0.3) is 0 Å². The van der Waals surface area contributed by atoms with Crippen LogP contribution < -0.4 is 10.0 Å². The third-order valence-corrected chi connectivity index (χ3v) is 5.06. The molecule has 0 aromatic heterocycles. The minimum absolute atomic E-state index is 0.0814. The second-order valence-electron chi connectivity index (χ2n) is 6.42. The third-order valence-electron chi connectivity index (χ3n) is 3.58. The Morgan fingerprint density at radius 1 is 1.17 bits per heavy atom. The number of hydrogen-bond acceptors (Lipinski definition) is 4. The highest BCUT2D eigenvalue weighted by Crippen LogP contribution is 2.12. The van der Waals surface area contributed by atoms with E-state index < -0.39 is 22.0 Å². The maximum atomic E-state index is 12.3. The fourth-order valence-corrected chi connectivity index (χ4v) is 3.42. The molecule has 0 aliphatic rings. The molecular formula is C17H28N2O4S. The SMILES string of the molecule is Cc1ccc(S(=O)(=O)N[C@@H](CCCCNCC(C)C)C(=O)O)cc1. The lowest BCUT2D eigenvalue weighted by molar-refractivity contribution is -0.139. The summed E-state index contributed by atoms with van der Waals surface area (Å²) < 4.78 is 26.9. The molecule has 1 aromatic rings. The van der Waals surface area contributed by atoms with E-state index in [1.165, 1.54) is 12.1 Å². The summed E-state index contributed by atoms with van der Waals surface area (Å²) in [4.78, 5) is 11.4. The zero-order chi connectivity index (χ0) is 18.2. The van der Waals surface area contributed by atoms with Crippen molar-refractivity contribution in [3.63, 3.8) is 0 Å². The molecule has 0 spiro atoms. The van der Waals surface area contributed by atoms with Crippen molar-refractivity contribution in [2.75, 3.05) is 13.1 Å². The molecule has 1 rings (SSSR count). The first-order chi connectivity index (χ1) is 11.2. The smallest absolute Gasteiger partial charge is 0.321 e. The molecule has 3 N–H and O–H groups in total. The summed E-state index contributed by atoms with van der Waals surface area (Å²) in [6.07, 6.45) is 1.71. The number of benzene rings is 1. The van der Waals surface area contributed by atoms with E-state index in [2.05, 4.69) is 23.9 Å². The number of aliphatic carboxylic acids is 1. The van der Waals surface area contributed by atoms with E-state index in [0.717, 1.165) is 25.1 Å². The number of carboxylic acids is 1. The second-order valence-corrected chi connectivity index (χ2v) is 8.13. The van der Waals surface area contributed by atoms with Crippen molar-refractivity contribution < 1.29 is 18.3 Å². The van der Waals surface area contributed by atoms with E-state index in [-0.39, 0.29) is 11.3 Å². The van der Waals surface area contributed by atoms with Gasteiger partial charge in [0.05, 0.1) is 4.90 Å². The van der Waals surface area contributed by atoms with Gasteiger partial charge in [0.2, 0.25) is 10.0 Å². The Bertz CT molecular complexity index is 612. The van der Waals surface area contributed by atoms with Crippen LogP contribution in [0.2, 0.25) is 0 Å². The summed E-state index contributed by atoms with van der Waals surface area (Å²) in [6, 6.07) is 5.22. The van der Waals surface area contributed by atoms with Gasteiger partial charge in [-0.3, -0.25) is 4.79 Å². The van der Waals surface area contributed by atoms with Gasteiger partial charge >= 0.3 is 5.97 Å². The van der Waals surface area contributed by atoms with Crippen molar-refractivity contribution in [2.24, 2.45) is 5.92 Å². The Kier molecular flexibility index (Phi) is 8.38. The van der Waals surface area contributed by atoms with E-state index in [1.54, 1.807) is 12.1 Å². The Balaban J connectivity index is 2.53. The van der Waals surface area contributed by atoms with Crippen LogP contribution in [-0.2, 0) is 14.8 Å².